The summed E-state index contributed by atoms with van der Waals surface area (Å²) in [5.74, 6) is -0.253. The van der Waals surface area contributed by atoms with Gasteiger partial charge in [0.05, 0.1) is 0 Å². The number of fused-ring (bicyclic) bond motifs is 3. The molecule has 2 N–H and O–H groups in total. The van der Waals surface area contributed by atoms with Gasteiger partial charge in [0.25, 0.3) is 0 Å². The van der Waals surface area contributed by atoms with Crippen LogP contribution in [0.25, 0.3) is 21.8 Å². The van der Waals surface area contributed by atoms with E-state index in [0.717, 1.165) is 12.2 Å². The van der Waals surface area contributed by atoms with Gasteiger partial charge in [0, 0.05) is 39.7 Å². The van der Waals surface area contributed by atoms with E-state index < -0.39 is 0 Å². The maximum absolute atomic E-state index is 13.7. The van der Waals surface area contributed by atoms with Crippen LogP contribution in [-0.2, 0) is 6.54 Å². The molecule has 1 heterocycles. The van der Waals surface area contributed by atoms with Gasteiger partial charge < -0.3 is 15.2 Å². The van der Waals surface area contributed by atoms with Gasteiger partial charge in [0.1, 0.15) is 5.82 Å². The van der Waals surface area contributed by atoms with Crippen LogP contribution in [0.4, 0.5) is 15.8 Å². The topological polar surface area (TPSA) is 29.0 Å². The molecule has 4 aromatic rings. The molecule has 3 aromatic carbocycles. The minimum atomic E-state index is -0.253. The Bertz CT molecular complexity index is 1160. The second-order valence-corrected chi connectivity index (χ2v) is 6.94. The molecule has 0 fully saturated rings. The standard InChI is InChI=1S/C22H20FN3S/c1-3-26-20-7-5-4-6-17(20)18-12-15(10-11-21(18)26)24-22(27)25-16-9-8-14(2)19(23)13-16/h4-13H,3H2,1-2H3,(H2,24,25,27). The van der Waals surface area contributed by atoms with Crippen molar-refractivity contribution in [1.29, 1.82) is 0 Å². The minimum absolute atomic E-state index is 0.253. The number of aromatic nitrogens is 1. The van der Waals surface area contributed by atoms with Crippen molar-refractivity contribution in [3.8, 4) is 0 Å². The summed E-state index contributed by atoms with van der Waals surface area (Å²) in [6.45, 7) is 4.80. The number of hydrogen-bond acceptors (Lipinski definition) is 1. The third-order valence-electron chi connectivity index (χ3n) is 4.78. The summed E-state index contributed by atoms with van der Waals surface area (Å²) < 4.78 is 16.0. The van der Waals surface area contributed by atoms with E-state index in [9.17, 15) is 4.39 Å². The number of nitrogens with zero attached hydrogens (tertiary/aromatic N) is 1. The SMILES string of the molecule is CCn1c2ccccc2c2cc(NC(=S)Nc3ccc(C)c(F)c3)ccc21. The molecular formula is C22H20FN3S. The van der Waals surface area contributed by atoms with Gasteiger partial charge in [-0.1, -0.05) is 24.3 Å². The van der Waals surface area contributed by atoms with Gasteiger partial charge in [-0.15, -0.1) is 0 Å². The van der Waals surface area contributed by atoms with Crippen LogP contribution in [-0.4, -0.2) is 9.68 Å². The van der Waals surface area contributed by atoms with Gasteiger partial charge in [-0.2, -0.15) is 0 Å². The lowest BCUT2D eigenvalue weighted by Gasteiger charge is -2.11. The molecule has 27 heavy (non-hydrogen) atoms. The highest BCUT2D eigenvalue weighted by molar-refractivity contribution is 7.80. The molecule has 3 nitrogen and oxygen atoms in total. The van der Waals surface area contributed by atoms with Crippen molar-refractivity contribution in [2.24, 2.45) is 0 Å². The molecule has 0 spiro atoms. The highest BCUT2D eigenvalue weighted by Gasteiger charge is 2.10. The lowest BCUT2D eigenvalue weighted by atomic mass is 10.1. The van der Waals surface area contributed by atoms with Crippen LogP contribution >= 0.6 is 12.2 Å². The monoisotopic (exact) mass is 377 g/mol. The van der Waals surface area contributed by atoms with Gasteiger partial charge in [-0.05, 0) is 68.0 Å². The quantitative estimate of drug-likeness (QED) is 0.425. The van der Waals surface area contributed by atoms with Gasteiger partial charge in [0.2, 0.25) is 0 Å². The Morgan fingerprint density at radius 1 is 0.926 bits per heavy atom. The summed E-state index contributed by atoms with van der Waals surface area (Å²) in [5.41, 5.74) is 4.55. The molecule has 1 aromatic heterocycles. The largest absolute Gasteiger partial charge is 0.341 e. The van der Waals surface area contributed by atoms with Crippen LogP contribution in [0.3, 0.4) is 0 Å². The van der Waals surface area contributed by atoms with E-state index in [0.29, 0.717) is 16.4 Å². The Morgan fingerprint density at radius 2 is 1.59 bits per heavy atom. The molecule has 0 amide bonds. The summed E-state index contributed by atoms with van der Waals surface area (Å²) >= 11 is 5.39. The van der Waals surface area contributed by atoms with Crippen molar-refractivity contribution in [3.63, 3.8) is 0 Å². The number of halogens is 1. The van der Waals surface area contributed by atoms with Crippen molar-refractivity contribution in [2.75, 3.05) is 10.6 Å². The molecule has 0 bridgehead atoms. The van der Waals surface area contributed by atoms with Crippen molar-refractivity contribution in [2.45, 2.75) is 20.4 Å². The van der Waals surface area contributed by atoms with E-state index in [2.05, 4.69) is 58.5 Å². The zero-order chi connectivity index (χ0) is 19.0. The average molecular weight is 377 g/mol. The average Bonchev–Trinajstić information content (AvgIpc) is 2.98. The predicted octanol–water partition coefficient (Wildman–Crippen LogP) is 6.07. The zero-order valence-electron chi connectivity index (χ0n) is 15.2. The van der Waals surface area contributed by atoms with E-state index in [1.807, 2.05) is 12.1 Å². The number of anilines is 2. The van der Waals surface area contributed by atoms with Crippen molar-refractivity contribution in [1.82, 2.24) is 4.57 Å². The van der Waals surface area contributed by atoms with Crippen molar-refractivity contribution in [3.05, 3.63) is 72.0 Å². The molecule has 5 heteroatoms. The van der Waals surface area contributed by atoms with E-state index in [4.69, 9.17) is 12.2 Å². The number of benzene rings is 3. The highest BCUT2D eigenvalue weighted by Crippen LogP contribution is 2.31. The van der Waals surface area contributed by atoms with Crippen LogP contribution in [0, 0.1) is 12.7 Å². The third-order valence-corrected chi connectivity index (χ3v) is 4.98. The van der Waals surface area contributed by atoms with E-state index in [-0.39, 0.29) is 5.82 Å². The van der Waals surface area contributed by atoms with Crippen LogP contribution < -0.4 is 10.6 Å². The van der Waals surface area contributed by atoms with E-state index in [1.165, 1.54) is 27.9 Å². The molecule has 0 saturated carbocycles. The third kappa shape index (κ3) is 3.26. The highest BCUT2D eigenvalue weighted by atomic mass is 32.1. The normalized spacial score (nSPS) is 11.1. The van der Waals surface area contributed by atoms with Crippen LogP contribution in [0.15, 0.2) is 60.7 Å². The second-order valence-electron chi connectivity index (χ2n) is 6.54. The molecule has 0 aliphatic carbocycles. The van der Waals surface area contributed by atoms with Crippen molar-refractivity contribution < 1.29 is 4.39 Å². The molecule has 4 rings (SSSR count). The Hall–Kier alpha value is -2.92. The summed E-state index contributed by atoms with van der Waals surface area (Å²) in [7, 11) is 0. The fourth-order valence-electron chi connectivity index (χ4n) is 3.44. The summed E-state index contributed by atoms with van der Waals surface area (Å²) in [5, 5.41) is 9.06. The summed E-state index contributed by atoms with van der Waals surface area (Å²) in [6.07, 6.45) is 0. The number of nitrogens with one attached hydrogen (secondary N) is 2. The van der Waals surface area contributed by atoms with Gasteiger partial charge in [0.15, 0.2) is 5.11 Å². The fraction of sp³-hybridized carbons (Fsp3) is 0.136. The number of rotatable bonds is 3. The van der Waals surface area contributed by atoms with Crippen LogP contribution in [0.5, 0.6) is 0 Å². The minimum Gasteiger partial charge on any atom is -0.341 e. The number of hydrogen-bond donors (Lipinski definition) is 2. The van der Waals surface area contributed by atoms with Crippen LogP contribution in [0.2, 0.25) is 0 Å². The first kappa shape index (κ1) is 17.5. The molecule has 0 radical (unpaired) electrons. The number of aryl methyl sites for hydroxylation is 2. The smallest absolute Gasteiger partial charge is 0.175 e. The molecule has 0 atom stereocenters. The first-order valence-electron chi connectivity index (χ1n) is 8.92. The lowest BCUT2D eigenvalue weighted by molar-refractivity contribution is 0.619. The number of thiocarbonyl (C=S) groups is 1. The maximum Gasteiger partial charge on any atom is 0.175 e. The first-order chi connectivity index (χ1) is 13.1. The summed E-state index contributed by atoms with van der Waals surface area (Å²) in [4.78, 5) is 0. The first-order valence-corrected chi connectivity index (χ1v) is 9.33. The molecule has 0 unspecified atom stereocenters. The number of para-hydroxylation sites is 1. The van der Waals surface area contributed by atoms with E-state index >= 15 is 0 Å². The van der Waals surface area contributed by atoms with Crippen LogP contribution in [0.1, 0.15) is 12.5 Å². The zero-order valence-corrected chi connectivity index (χ0v) is 16.0. The Morgan fingerprint density at radius 3 is 2.33 bits per heavy atom. The predicted molar refractivity (Wildman–Crippen MR) is 116 cm³/mol. The lowest BCUT2D eigenvalue weighted by Crippen LogP contribution is -2.19. The molecule has 0 aliphatic heterocycles. The Labute approximate surface area is 162 Å². The Balaban J connectivity index is 1.63. The molecule has 0 saturated heterocycles. The van der Waals surface area contributed by atoms with Gasteiger partial charge in [-0.3, -0.25) is 0 Å². The Kier molecular flexibility index (Phi) is 4.54. The van der Waals surface area contributed by atoms with Gasteiger partial charge in [-0.25, -0.2) is 4.39 Å². The van der Waals surface area contributed by atoms with Gasteiger partial charge >= 0.3 is 0 Å². The van der Waals surface area contributed by atoms with Crippen molar-refractivity contribution >= 4 is 50.5 Å². The molecular weight excluding hydrogens is 357 g/mol. The second kappa shape index (κ2) is 7.00. The summed E-state index contributed by atoms with van der Waals surface area (Å²) in [6, 6.07) is 19.6. The fourth-order valence-corrected chi connectivity index (χ4v) is 3.67. The van der Waals surface area contributed by atoms with E-state index in [1.54, 1.807) is 13.0 Å². The maximum atomic E-state index is 13.7. The molecule has 0 aliphatic rings. The molecule has 136 valence electrons.